The van der Waals surface area contributed by atoms with Crippen LogP contribution in [-0.2, 0) is 4.74 Å². The van der Waals surface area contributed by atoms with E-state index in [2.05, 4.69) is 9.97 Å². The van der Waals surface area contributed by atoms with Crippen LogP contribution in [0.2, 0.25) is 0 Å². The van der Waals surface area contributed by atoms with Gasteiger partial charge in [-0.2, -0.15) is 0 Å². The average molecular weight is 182 g/mol. The van der Waals surface area contributed by atoms with Gasteiger partial charge in [-0.15, -0.1) is 0 Å². The van der Waals surface area contributed by atoms with Crippen molar-refractivity contribution in [2.75, 3.05) is 6.61 Å². The Labute approximate surface area is 77.6 Å². The van der Waals surface area contributed by atoms with Gasteiger partial charge in [-0.3, -0.25) is 0 Å². The molecule has 1 aromatic heterocycles. The van der Waals surface area contributed by atoms with E-state index in [9.17, 15) is 5.11 Å². The van der Waals surface area contributed by atoms with E-state index in [1.165, 1.54) is 6.33 Å². The molecule has 4 heteroatoms. The molecule has 1 aromatic rings. The summed E-state index contributed by atoms with van der Waals surface area (Å²) in [5, 5.41) is 9.56. The predicted molar refractivity (Wildman–Crippen MR) is 48.1 cm³/mol. The van der Waals surface area contributed by atoms with Crippen LogP contribution in [0.1, 0.15) is 25.5 Å². The maximum atomic E-state index is 9.56. The van der Waals surface area contributed by atoms with Crippen LogP contribution in [0, 0.1) is 0 Å². The number of hydrogen-bond donors (Lipinski definition) is 1. The molecular formula is C9H14N2O2. The molecule has 1 heterocycles. The van der Waals surface area contributed by atoms with Crippen molar-refractivity contribution < 1.29 is 9.84 Å². The fraction of sp³-hybridized carbons (Fsp3) is 0.556. The first-order valence-corrected chi connectivity index (χ1v) is 4.24. The molecule has 0 amide bonds. The van der Waals surface area contributed by atoms with E-state index in [0.29, 0.717) is 5.56 Å². The van der Waals surface area contributed by atoms with Crippen LogP contribution < -0.4 is 0 Å². The molecule has 13 heavy (non-hydrogen) atoms. The molecule has 0 saturated heterocycles. The van der Waals surface area contributed by atoms with Crippen LogP contribution in [0.15, 0.2) is 18.7 Å². The number of aromatic nitrogens is 2. The Hall–Kier alpha value is -1.00. The van der Waals surface area contributed by atoms with Gasteiger partial charge in [0.15, 0.2) is 0 Å². The summed E-state index contributed by atoms with van der Waals surface area (Å²) in [6, 6.07) is 0. The van der Waals surface area contributed by atoms with Crippen LogP contribution >= 0.6 is 0 Å². The highest BCUT2D eigenvalue weighted by Crippen LogP contribution is 2.10. The summed E-state index contributed by atoms with van der Waals surface area (Å²) in [5.74, 6) is 0. The number of aliphatic hydroxyl groups excluding tert-OH is 1. The number of rotatable bonds is 4. The number of aliphatic hydroxyl groups is 1. The summed E-state index contributed by atoms with van der Waals surface area (Å²) in [5.41, 5.74) is 0.683. The minimum Gasteiger partial charge on any atom is -0.386 e. The van der Waals surface area contributed by atoms with Gasteiger partial charge in [0.1, 0.15) is 12.4 Å². The highest BCUT2D eigenvalue weighted by molar-refractivity contribution is 5.06. The van der Waals surface area contributed by atoms with E-state index in [4.69, 9.17) is 4.74 Å². The fourth-order valence-corrected chi connectivity index (χ4v) is 0.863. The van der Waals surface area contributed by atoms with Gasteiger partial charge in [0, 0.05) is 18.0 Å². The first kappa shape index (κ1) is 10.1. The van der Waals surface area contributed by atoms with Crippen molar-refractivity contribution in [2.24, 2.45) is 0 Å². The summed E-state index contributed by atoms with van der Waals surface area (Å²) >= 11 is 0. The zero-order valence-corrected chi connectivity index (χ0v) is 7.84. The molecule has 1 atom stereocenters. The summed E-state index contributed by atoms with van der Waals surface area (Å²) < 4.78 is 5.25. The highest BCUT2D eigenvalue weighted by Gasteiger charge is 2.08. The zero-order valence-electron chi connectivity index (χ0n) is 7.84. The lowest BCUT2D eigenvalue weighted by Crippen LogP contribution is -2.12. The highest BCUT2D eigenvalue weighted by atomic mass is 16.5. The van der Waals surface area contributed by atoms with Gasteiger partial charge >= 0.3 is 0 Å². The molecule has 0 saturated carbocycles. The van der Waals surface area contributed by atoms with Crippen molar-refractivity contribution in [1.29, 1.82) is 0 Å². The number of nitrogens with zero attached hydrogens (tertiary/aromatic N) is 2. The molecule has 72 valence electrons. The second-order valence-corrected chi connectivity index (χ2v) is 3.07. The predicted octanol–water partition coefficient (Wildman–Crippen LogP) is 0.935. The molecule has 0 fully saturated rings. The van der Waals surface area contributed by atoms with Gasteiger partial charge in [0.2, 0.25) is 0 Å². The lowest BCUT2D eigenvalue weighted by molar-refractivity contribution is 0.00466. The van der Waals surface area contributed by atoms with E-state index in [-0.39, 0.29) is 12.7 Å². The third-order valence-corrected chi connectivity index (χ3v) is 1.55. The third kappa shape index (κ3) is 3.48. The maximum Gasteiger partial charge on any atom is 0.115 e. The SMILES string of the molecule is CC(C)OCC(O)c1cncnc1. The second-order valence-electron chi connectivity index (χ2n) is 3.07. The van der Waals surface area contributed by atoms with Crippen molar-refractivity contribution in [3.63, 3.8) is 0 Å². The van der Waals surface area contributed by atoms with Crippen LogP contribution in [0.25, 0.3) is 0 Å². The Morgan fingerprint density at radius 3 is 2.54 bits per heavy atom. The smallest absolute Gasteiger partial charge is 0.115 e. The van der Waals surface area contributed by atoms with Crippen molar-refractivity contribution >= 4 is 0 Å². The molecule has 1 rings (SSSR count). The molecule has 0 spiro atoms. The van der Waals surface area contributed by atoms with Gasteiger partial charge in [-0.05, 0) is 13.8 Å². The molecule has 0 aromatic carbocycles. The van der Waals surface area contributed by atoms with Crippen LogP contribution in [0.3, 0.4) is 0 Å². The largest absolute Gasteiger partial charge is 0.386 e. The van der Waals surface area contributed by atoms with E-state index < -0.39 is 6.10 Å². The van der Waals surface area contributed by atoms with Crippen molar-refractivity contribution in [1.82, 2.24) is 9.97 Å². The molecule has 0 aliphatic rings. The third-order valence-electron chi connectivity index (χ3n) is 1.55. The van der Waals surface area contributed by atoms with E-state index in [0.717, 1.165) is 0 Å². The van der Waals surface area contributed by atoms with Crippen LogP contribution in [-0.4, -0.2) is 27.8 Å². The second kappa shape index (κ2) is 4.89. The lowest BCUT2D eigenvalue weighted by Gasteiger charge is -2.12. The monoisotopic (exact) mass is 182 g/mol. The summed E-state index contributed by atoms with van der Waals surface area (Å²) in [6.07, 6.45) is 4.09. The molecule has 4 nitrogen and oxygen atoms in total. The molecule has 0 bridgehead atoms. The van der Waals surface area contributed by atoms with Gasteiger partial charge in [-0.25, -0.2) is 9.97 Å². The number of hydrogen-bond acceptors (Lipinski definition) is 4. The lowest BCUT2D eigenvalue weighted by atomic mass is 10.2. The average Bonchev–Trinajstić information content (AvgIpc) is 2.15. The van der Waals surface area contributed by atoms with Crippen molar-refractivity contribution in [2.45, 2.75) is 26.1 Å². The Morgan fingerprint density at radius 1 is 1.38 bits per heavy atom. The van der Waals surface area contributed by atoms with Crippen LogP contribution in [0.4, 0.5) is 0 Å². The van der Waals surface area contributed by atoms with Crippen LogP contribution in [0.5, 0.6) is 0 Å². The Morgan fingerprint density at radius 2 is 2.00 bits per heavy atom. The number of ether oxygens (including phenoxy) is 1. The van der Waals surface area contributed by atoms with Gasteiger partial charge in [0.25, 0.3) is 0 Å². The topological polar surface area (TPSA) is 55.2 Å². The first-order chi connectivity index (χ1) is 6.20. The summed E-state index contributed by atoms with van der Waals surface area (Å²) in [7, 11) is 0. The Bertz CT molecular complexity index is 239. The summed E-state index contributed by atoms with van der Waals surface area (Å²) in [4.78, 5) is 7.61. The molecule has 0 radical (unpaired) electrons. The van der Waals surface area contributed by atoms with Crippen molar-refractivity contribution in [3.8, 4) is 0 Å². The Kier molecular flexibility index (Phi) is 3.79. The molecule has 0 aliphatic carbocycles. The van der Waals surface area contributed by atoms with Crippen molar-refractivity contribution in [3.05, 3.63) is 24.3 Å². The minimum atomic E-state index is -0.636. The molecule has 0 aliphatic heterocycles. The standard InChI is InChI=1S/C9H14N2O2/c1-7(2)13-5-9(12)8-3-10-6-11-4-8/h3-4,6-7,9,12H,5H2,1-2H3. The molecule has 1 N–H and O–H groups in total. The fourth-order valence-electron chi connectivity index (χ4n) is 0.863. The molecule has 1 unspecified atom stereocenters. The molecular weight excluding hydrogens is 168 g/mol. The minimum absolute atomic E-state index is 0.124. The quantitative estimate of drug-likeness (QED) is 0.752. The van der Waals surface area contributed by atoms with Gasteiger partial charge in [0.05, 0.1) is 12.7 Å². The first-order valence-electron chi connectivity index (χ1n) is 4.24. The Balaban J connectivity index is 2.44. The zero-order chi connectivity index (χ0) is 9.68. The van der Waals surface area contributed by atoms with E-state index in [1.54, 1.807) is 12.4 Å². The maximum absolute atomic E-state index is 9.56. The summed E-state index contributed by atoms with van der Waals surface area (Å²) in [6.45, 7) is 4.13. The van der Waals surface area contributed by atoms with E-state index >= 15 is 0 Å². The van der Waals surface area contributed by atoms with Gasteiger partial charge < -0.3 is 9.84 Å². The van der Waals surface area contributed by atoms with Gasteiger partial charge in [-0.1, -0.05) is 0 Å². The van der Waals surface area contributed by atoms with E-state index in [1.807, 2.05) is 13.8 Å². The normalized spacial score (nSPS) is 13.2.